The second-order valence-corrected chi connectivity index (χ2v) is 8.43. The zero-order valence-corrected chi connectivity index (χ0v) is 16.4. The molecule has 1 N–H and O–H groups in total. The van der Waals surface area contributed by atoms with Crippen molar-refractivity contribution < 1.29 is 4.79 Å². The quantitative estimate of drug-likeness (QED) is 0.823. The van der Waals surface area contributed by atoms with Gasteiger partial charge in [-0.15, -0.1) is 11.3 Å². The molecule has 2 aromatic rings. The van der Waals surface area contributed by atoms with Gasteiger partial charge in [0.25, 0.3) is 0 Å². The summed E-state index contributed by atoms with van der Waals surface area (Å²) in [6.45, 7) is 4.75. The number of nitrogens with one attached hydrogen (secondary N) is 1. The van der Waals surface area contributed by atoms with Gasteiger partial charge in [-0.2, -0.15) is 0 Å². The Hall–Kier alpha value is -1.28. The summed E-state index contributed by atoms with van der Waals surface area (Å²) in [5.74, 6) is 0.0307. The van der Waals surface area contributed by atoms with Gasteiger partial charge in [0.2, 0.25) is 5.91 Å². The molecule has 1 amide bonds. The van der Waals surface area contributed by atoms with E-state index < -0.39 is 0 Å². The molecule has 7 heteroatoms. The Bertz CT molecular complexity index is 748. The van der Waals surface area contributed by atoms with Crippen molar-refractivity contribution in [2.24, 2.45) is 0 Å². The van der Waals surface area contributed by atoms with Crippen LogP contribution in [0.15, 0.2) is 34.1 Å². The van der Waals surface area contributed by atoms with Gasteiger partial charge >= 0.3 is 0 Å². The Balaban J connectivity index is 1.33. The van der Waals surface area contributed by atoms with E-state index in [9.17, 15) is 4.79 Å². The Morgan fingerprint density at radius 2 is 2.12 bits per heavy atom. The van der Waals surface area contributed by atoms with Crippen molar-refractivity contribution in [3.05, 3.63) is 34.1 Å². The number of carbonyl (C=O) groups excluding carboxylic acids is 1. The van der Waals surface area contributed by atoms with Gasteiger partial charge in [0.1, 0.15) is 0 Å². The van der Waals surface area contributed by atoms with Gasteiger partial charge in [-0.3, -0.25) is 14.6 Å². The predicted molar refractivity (Wildman–Crippen MR) is 105 cm³/mol. The summed E-state index contributed by atoms with van der Waals surface area (Å²) in [6, 6.07) is 8.67. The largest absolute Gasteiger partial charge is 0.301 e. The van der Waals surface area contributed by atoms with Gasteiger partial charge in [-0.1, -0.05) is 28.1 Å². The molecule has 2 saturated heterocycles. The number of rotatable bonds is 4. The van der Waals surface area contributed by atoms with E-state index in [0.29, 0.717) is 17.7 Å². The molecular weight excluding hydrogens is 400 g/mol. The first kappa shape index (κ1) is 17.1. The number of anilines is 1. The number of piperazine rings is 1. The Labute approximate surface area is 160 Å². The smallest absolute Gasteiger partial charge is 0.240 e. The average molecular weight is 421 g/mol. The van der Waals surface area contributed by atoms with Crippen LogP contribution in [0, 0.1) is 0 Å². The summed E-state index contributed by atoms with van der Waals surface area (Å²) in [6.07, 6.45) is 2.56. The standard InChI is InChI=1S/C18H21BrN4OS/c19-14-5-3-13(4-6-14)16-12-25-18(20-16)21-17(24)11-22-8-9-23-7-1-2-15(23)10-22/h3-6,12,15H,1-2,7-11H2,(H,20,21,24). The second kappa shape index (κ2) is 7.53. The minimum atomic E-state index is 0.0307. The van der Waals surface area contributed by atoms with Gasteiger partial charge < -0.3 is 5.32 Å². The molecule has 2 aliphatic heterocycles. The lowest BCUT2D eigenvalue weighted by Crippen LogP contribution is -2.51. The van der Waals surface area contributed by atoms with E-state index in [1.54, 1.807) is 0 Å². The number of fused-ring (bicyclic) bond motifs is 1. The van der Waals surface area contributed by atoms with Gasteiger partial charge in [0.05, 0.1) is 12.2 Å². The lowest BCUT2D eigenvalue weighted by molar-refractivity contribution is -0.117. The van der Waals surface area contributed by atoms with E-state index in [4.69, 9.17) is 0 Å². The molecule has 25 heavy (non-hydrogen) atoms. The number of hydrogen-bond donors (Lipinski definition) is 1. The molecule has 3 heterocycles. The van der Waals surface area contributed by atoms with Crippen molar-refractivity contribution in [3.8, 4) is 11.3 Å². The van der Waals surface area contributed by atoms with Crippen LogP contribution in [-0.2, 0) is 4.79 Å². The molecule has 1 atom stereocenters. The first-order valence-corrected chi connectivity index (χ1v) is 10.3. The number of carbonyl (C=O) groups is 1. The van der Waals surface area contributed by atoms with Crippen molar-refractivity contribution in [1.29, 1.82) is 0 Å². The number of thiazole rings is 1. The highest BCUT2D eigenvalue weighted by Gasteiger charge is 2.31. The zero-order chi connectivity index (χ0) is 17.2. The highest BCUT2D eigenvalue weighted by atomic mass is 79.9. The molecule has 5 nitrogen and oxygen atoms in total. The molecule has 1 unspecified atom stereocenters. The van der Waals surface area contributed by atoms with E-state index in [1.807, 2.05) is 29.6 Å². The predicted octanol–water partition coefficient (Wildman–Crippen LogP) is 3.29. The summed E-state index contributed by atoms with van der Waals surface area (Å²) in [4.78, 5) is 21.7. The topological polar surface area (TPSA) is 48.5 Å². The van der Waals surface area contributed by atoms with E-state index in [-0.39, 0.29) is 5.91 Å². The number of aromatic nitrogens is 1. The minimum Gasteiger partial charge on any atom is -0.301 e. The highest BCUT2D eigenvalue weighted by molar-refractivity contribution is 9.10. The summed E-state index contributed by atoms with van der Waals surface area (Å²) in [5.41, 5.74) is 1.95. The summed E-state index contributed by atoms with van der Waals surface area (Å²) in [5, 5.41) is 5.61. The Morgan fingerprint density at radius 1 is 1.28 bits per heavy atom. The first-order chi connectivity index (χ1) is 12.2. The normalized spacial score (nSPS) is 21.2. The lowest BCUT2D eigenvalue weighted by Gasteiger charge is -2.36. The second-order valence-electron chi connectivity index (χ2n) is 6.66. The Kier molecular flexibility index (Phi) is 5.17. The number of benzene rings is 1. The average Bonchev–Trinajstić information content (AvgIpc) is 3.24. The molecule has 4 rings (SSSR count). The molecule has 132 valence electrons. The van der Waals surface area contributed by atoms with Crippen LogP contribution in [0.5, 0.6) is 0 Å². The molecule has 2 fully saturated rings. The van der Waals surface area contributed by atoms with Crippen LogP contribution in [0.1, 0.15) is 12.8 Å². The third kappa shape index (κ3) is 4.11. The number of nitrogens with zero attached hydrogens (tertiary/aromatic N) is 3. The third-order valence-corrected chi connectivity index (χ3v) is 6.22. The maximum atomic E-state index is 12.4. The van der Waals surface area contributed by atoms with Crippen LogP contribution in [-0.4, -0.2) is 59.5 Å². The maximum absolute atomic E-state index is 12.4. The molecular formula is C18H21BrN4OS. The van der Waals surface area contributed by atoms with E-state index >= 15 is 0 Å². The molecule has 1 aromatic carbocycles. The summed E-state index contributed by atoms with van der Waals surface area (Å²) < 4.78 is 1.04. The molecule has 0 spiro atoms. The number of halogens is 1. The van der Waals surface area contributed by atoms with Gasteiger partial charge in [-0.05, 0) is 31.5 Å². The van der Waals surface area contributed by atoms with Gasteiger partial charge in [0.15, 0.2) is 5.13 Å². The molecule has 2 aliphatic rings. The van der Waals surface area contributed by atoms with Crippen molar-refractivity contribution in [3.63, 3.8) is 0 Å². The van der Waals surface area contributed by atoms with Crippen LogP contribution in [0.4, 0.5) is 5.13 Å². The SMILES string of the molecule is O=C(CN1CCN2CCCC2C1)Nc1nc(-c2ccc(Br)cc2)cs1. The van der Waals surface area contributed by atoms with Crippen LogP contribution in [0.2, 0.25) is 0 Å². The molecule has 0 bridgehead atoms. The fourth-order valence-corrected chi connectivity index (χ4v) is 4.65. The first-order valence-electron chi connectivity index (χ1n) is 8.65. The third-order valence-electron chi connectivity index (χ3n) is 4.93. The van der Waals surface area contributed by atoms with Crippen LogP contribution < -0.4 is 5.32 Å². The zero-order valence-electron chi connectivity index (χ0n) is 13.9. The van der Waals surface area contributed by atoms with Gasteiger partial charge in [-0.25, -0.2) is 4.98 Å². The van der Waals surface area contributed by atoms with Crippen LogP contribution in [0.3, 0.4) is 0 Å². The number of hydrogen-bond acceptors (Lipinski definition) is 5. The Morgan fingerprint density at radius 3 is 2.96 bits per heavy atom. The highest BCUT2D eigenvalue weighted by Crippen LogP contribution is 2.26. The monoisotopic (exact) mass is 420 g/mol. The molecule has 1 aromatic heterocycles. The van der Waals surface area contributed by atoms with Crippen molar-refractivity contribution in [1.82, 2.24) is 14.8 Å². The fraction of sp³-hybridized carbons (Fsp3) is 0.444. The van der Waals surface area contributed by atoms with Crippen molar-refractivity contribution in [2.75, 3.05) is 38.0 Å². The van der Waals surface area contributed by atoms with E-state index in [1.165, 1.54) is 30.7 Å². The van der Waals surface area contributed by atoms with Crippen molar-refractivity contribution in [2.45, 2.75) is 18.9 Å². The molecule has 0 saturated carbocycles. The minimum absolute atomic E-state index is 0.0307. The number of amides is 1. The summed E-state index contributed by atoms with van der Waals surface area (Å²) in [7, 11) is 0. The summed E-state index contributed by atoms with van der Waals surface area (Å²) >= 11 is 4.91. The molecule has 0 aliphatic carbocycles. The van der Waals surface area contributed by atoms with Gasteiger partial charge in [0, 0.05) is 41.1 Å². The van der Waals surface area contributed by atoms with E-state index in [2.05, 4.69) is 36.0 Å². The maximum Gasteiger partial charge on any atom is 0.240 e. The van der Waals surface area contributed by atoms with E-state index in [0.717, 1.165) is 35.4 Å². The van der Waals surface area contributed by atoms with Crippen LogP contribution >= 0.6 is 27.3 Å². The lowest BCUT2D eigenvalue weighted by atomic mass is 10.1. The van der Waals surface area contributed by atoms with Crippen LogP contribution in [0.25, 0.3) is 11.3 Å². The molecule has 0 radical (unpaired) electrons. The van der Waals surface area contributed by atoms with Crippen molar-refractivity contribution >= 4 is 38.3 Å². The fourth-order valence-electron chi connectivity index (χ4n) is 3.65.